The molecule has 2 aromatic rings. The first-order chi connectivity index (χ1) is 12.8. The van der Waals surface area contributed by atoms with E-state index in [4.69, 9.17) is 13.8 Å². The number of fused-ring (bicyclic) bond motifs is 1. The molecule has 1 saturated heterocycles. The molecule has 0 aromatic carbocycles. The minimum absolute atomic E-state index is 0.0816. The van der Waals surface area contributed by atoms with E-state index in [9.17, 15) is 4.79 Å². The third-order valence-corrected chi connectivity index (χ3v) is 5.22. The Morgan fingerprint density at radius 1 is 1.15 bits per heavy atom. The monoisotopic (exact) mass is 360 g/mol. The Bertz CT molecular complexity index is 769. The average molecular weight is 360 g/mol. The molecule has 1 atom stereocenters. The lowest BCUT2D eigenvalue weighted by Gasteiger charge is -2.27. The number of rotatable bonds is 4. The fraction of sp³-hybridized carbons (Fsp3) is 0.667. The van der Waals surface area contributed by atoms with E-state index in [2.05, 4.69) is 15.3 Å². The van der Waals surface area contributed by atoms with Crippen molar-refractivity contribution in [1.29, 1.82) is 0 Å². The normalized spacial score (nSPS) is 20.7. The van der Waals surface area contributed by atoms with Crippen LogP contribution in [-0.4, -0.2) is 39.8 Å². The summed E-state index contributed by atoms with van der Waals surface area (Å²) < 4.78 is 15.7. The average Bonchev–Trinajstić information content (AvgIpc) is 3.22. The highest BCUT2D eigenvalue weighted by Crippen LogP contribution is 2.32. The molecule has 0 spiro atoms. The number of amides is 1. The number of nitrogens with zero attached hydrogens (tertiary/aromatic N) is 4. The fourth-order valence-electron chi connectivity index (χ4n) is 3.89. The Labute approximate surface area is 151 Å². The second-order valence-corrected chi connectivity index (χ2v) is 6.98. The van der Waals surface area contributed by atoms with E-state index in [0.717, 1.165) is 62.7 Å². The van der Waals surface area contributed by atoms with E-state index < -0.39 is 0 Å². The zero-order chi connectivity index (χ0) is 17.9. The second-order valence-electron chi connectivity index (χ2n) is 6.98. The van der Waals surface area contributed by atoms with Gasteiger partial charge in [0.05, 0.1) is 6.04 Å². The Kier molecular flexibility index (Phi) is 5.01. The summed E-state index contributed by atoms with van der Waals surface area (Å²) in [5.41, 5.74) is 1.45. The number of carbonyl (C=O) groups is 1. The van der Waals surface area contributed by atoms with Crippen molar-refractivity contribution in [2.24, 2.45) is 0 Å². The van der Waals surface area contributed by atoms with Crippen LogP contribution in [0.2, 0.25) is 0 Å². The summed E-state index contributed by atoms with van der Waals surface area (Å²) >= 11 is 0. The smallest absolute Gasteiger partial charge is 0.276 e. The molecule has 1 aliphatic carbocycles. The van der Waals surface area contributed by atoms with Gasteiger partial charge in [0.25, 0.3) is 11.8 Å². The number of aryl methyl sites for hydroxylation is 1. The minimum atomic E-state index is -0.199. The van der Waals surface area contributed by atoms with Gasteiger partial charge in [-0.3, -0.25) is 4.79 Å². The fourth-order valence-corrected chi connectivity index (χ4v) is 3.89. The summed E-state index contributed by atoms with van der Waals surface area (Å²) in [4.78, 5) is 19.6. The Balaban J connectivity index is 1.62. The van der Waals surface area contributed by atoms with Gasteiger partial charge in [0, 0.05) is 25.6 Å². The van der Waals surface area contributed by atoms with Crippen LogP contribution in [0.15, 0.2) is 9.05 Å². The molecule has 2 aliphatic rings. The maximum atomic E-state index is 13.3. The van der Waals surface area contributed by atoms with E-state index in [1.54, 1.807) is 7.11 Å². The molecule has 0 bridgehead atoms. The molecular weight excluding hydrogens is 336 g/mol. The third-order valence-electron chi connectivity index (χ3n) is 5.22. The summed E-state index contributed by atoms with van der Waals surface area (Å²) in [6.07, 6.45) is 7.78. The lowest BCUT2D eigenvalue weighted by Crippen LogP contribution is -2.36. The number of aromatic nitrogens is 3. The summed E-state index contributed by atoms with van der Waals surface area (Å²) in [6, 6.07) is -0.199. The highest BCUT2D eigenvalue weighted by molar-refractivity contribution is 5.94. The van der Waals surface area contributed by atoms with Crippen LogP contribution in [0.3, 0.4) is 0 Å². The zero-order valence-corrected chi connectivity index (χ0v) is 15.1. The van der Waals surface area contributed by atoms with Crippen LogP contribution in [0.4, 0.5) is 0 Å². The van der Waals surface area contributed by atoms with Gasteiger partial charge in [0.1, 0.15) is 12.4 Å². The molecule has 3 heterocycles. The number of methoxy groups -OCH3 is 1. The molecule has 0 N–H and O–H groups in total. The van der Waals surface area contributed by atoms with E-state index in [1.165, 1.54) is 0 Å². The van der Waals surface area contributed by atoms with Gasteiger partial charge in [-0.25, -0.2) is 0 Å². The predicted octanol–water partition coefficient (Wildman–Crippen LogP) is 2.84. The van der Waals surface area contributed by atoms with E-state index in [-0.39, 0.29) is 18.6 Å². The van der Waals surface area contributed by atoms with Crippen LogP contribution in [-0.2, 0) is 24.2 Å². The van der Waals surface area contributed by atoms with Gasteiger partial charge in [-0.1, -0.05) is 23.2 Å². The first kappa shape index (κ1) is 17.2. The van der Waals surface area contributed by atoms with Crippen molar-refractivity contribution >= 4 is 5.91 Å². The van der Waals surface area contributed by atoms with Crippen molar-refractivity contribution < 1.29 is 18.6 Å². The molecular formula is C18H24N4O4. The summed E-state index contributed by atoms with van der Waals surface area (Å²) in [6.45, 7) is 0.934. The quantitative estimate of drug-likeness (QED) is 0.827. The van der Waals surface area contributed by atoms with E-state index >= 15 is 0 Å². The molecule has 4 rings (SSSR count). The molecule has 1 aliphatic heterocycles. The van der Waals surface area contributed by atoms with Crippen molar-refractivity contribution in [3.05, 3.63) is 28.7 Å². The molecule has 1 fully saturated rings. The molecule has 0 radical (unpaired) electrons. The van der Waals surface area contributed by atoms with Gasteiger partial charge in [-0.05, 0) is 32.1 Å². The van der Waals surface area contributed by atoms with Crippen molar-refractivity contribution in [1.82, 2.24) is 20.2 Å². The lowest BCUT2D eigenvalue weighted by atomic mass is 9.96. The number of carbonyl (C=O) groups excluding carboxylic acids is 1. The van der Waals surface area contributed by atoms with E-state index in [0.29, 0.717) is 24.0 Å². The van der Waals surface area contributed by atoms with Crippen molar-refractivity contribution in [2.75, 3.05) is 13.7 Å². The molecule has 2 aromatic heterocycles. The predicted molar refractivity (Wildman–Crippen MR) is 90.4 cm³/mol. The van der Waals surface area contributed by atoms with Crippen LogP contribution in [0.5, 0.6) is 0 Å². The van der Waals surface area contributed by atoms with Crippen LogP contribution in [0, 0.1) is 0 Å². The Hall–Kier alpha value is -2.22. The number of ether oxygens (including phenoxy) is 1. The van der Waals surface area contributed by atoms with E-state index in [1.807, 2.05) is 4.90 Å². The van der Waals surface area contributed by atoms with Gasteiger partial charge in [0.2, 0.25) is 0 Å². The first-order valence-corrected chi connectivity index (χ1v) is 9.37. The second kappa shape index (κ2) is 7.57. The number of likely N-dealkylation sites (tertiary alicyclic amines) is 1. The highest BCUT2D eigenvalue weighted by Gasteiger charge is 2.34. The van der Waals surface area contributed by atoms with Crippen LogP contribution in [0.1, 0.15) is 78.1 Å². The van der Waals surface area contributed by atoms with Crippen LogP contribution >= 0.6 is 0 Å². The SMILES string of the molecule is COCc1nc([C@@H]2CCCCCN2C(=O)c2noc3c2CCCC3)no1. The molecule has 0 saturated carbocycles. The van der Waals surface area contributed by atoms with Gasteiger partial charge in [-0.15, -0.1) is 0 Å². The maximum Gasteiger partial charge on any atom is 0.276 e. The van der Waals surface area contributed by atoms with Gasteiger partial charge < -0.3 is 18.7 Å². The standard InChI is InChI=1S/C18H24N4O4/c1-24-11-15-19-17(21-26-15)13-8-3-2-6-10-22(13)18(23)16-12-7-4-5-9-14(12)25-20-16/h13H,2-11H2,1H3/t13-/m0/s1. The van der Waals surface area contributed by atoms with Crippen LogP contribution < -0.4 is 0 Å². The van der Waals surface area contributed by atoms with Gasteiger partial charge in [-0.2, -0.15) is 4.98 Å². The third kappa shape index (κ3) is 3.25. The first-order valence-electron chi connectivity index (χ1n) is 9.37. The van der Waals surface area contributed by atoms with Crippen LogP contribution in [0.25, 0.3) is 0 Å². The molecule has 8 nitrogen and oxygen atoms in total. The van der Waals surface area contributed by atoms with Gasteiger partial charge in [0.15, 0.2) is 11.5 Å². The molecule has 140 valence electrons. The molecule has 8 heteroatoms. The zero-order valence-electron chi connectivity index (χ0n) is 15.1. The Morgan fingerprint density at radius 2 is 2.04 bits per heavy atom. The summed E-state index contributed by atoms with van der Waals surface area (Å²) in [7, 11) is 1.58. The summed E-state index contributed by atoms with van der Waals surface area (Å²) in [5.74, 6) is 1.76. The largest absolute Gasteiger partial charge is 0.375 e. The molecule has 1 amide bonds. The van der Waals surface area contributed by atoms with Crippen molar-refractivity contribution in [2.45, 2.75) is 64.0 Å². The minimum Gasteiger partial charge on any atom is -0.375 e. The highest BCUT2D eigenvalue weighted by atomic mass is 16.5. The van der Waals surface area contributed by atoms with Crippen molar-refractivity contribution in [3.63, 3.8) is 0 Å². The van der Waals surface area contributed by atoms with Gasteiger partial charge >= 0.3 is 0 Å². The molecule has 0 unspecified atom stereocenters. The lowest BCUT2D eigenvalue weighted by molar-refractivity contribution is 0.0658. The number of hydrogen-bond donors (Lipinski definition) is 0. The number of hydrogen-bond acceptors (Lipinski definition) is 7. The molecule has 26 heavy (non-hydrogen) atoms. The topological polar surface area (TPSA) is 94.5 Å². The summed E-state index contributed by atoms with van der Waals surface area (Å²) in [5, 5.41) is 8.21. The maximum absolute atomic E-state index is 13.3. The van der Waals surface area contributed by atoms with Crippen molar-refractivity contribution in [3.8, 4) is 0 Å². The Morgan fingerprint density at radius 3 is 2.92 bits per heavy atom.